The fourth-order valence-corrected chi connectivity index (χ4v) is 4.43. The number of rotatable bonds is 11. The highest BCUT2D eigenvalue weighted by atomic mass is 32.2. The van der Waals surface area contributed by atoms with Crippen LogP contribution in [-0.4, -0.2) is 30.2 Å². The summed E-state index contributed by atoms with van der Waals surface area (Å²) in [6.45, 7) is 9.44. The van der Waals surface area contributed by atoms with Crippen LogP contribution in [0.3, 0.4) is 0 Å². The van der Waals surface area contributed by atoms with E-state index < -0.39 is 14.9 Å². The van der Waals surface area contributed by atoms with Crippen molar-refractivity contribution in [2.75, 3.05) is 6.54 Å². The fourth-order valence-electron chi connectivity index (χ4n) is 2.92. The molecule has 0 aromatic rings. The summed E-state index contributed by atoms with van der Waals surface area (Å²) in [5, 5.41) is 2.66. The smallest absolute Gasteiger partial charge is 0.243 e. The van der Waals surface area contributed by atoms with Crippen LogP contribution < -0.4 is 11.5 Å². The minimum absolute atomic E-state index is 0. The van der Waals surface area contributed by atoms with Crippen molar-refractivity contribution >= 4 is 16.0 Å². The number of hydrogen-bond donors (Lipinski definition) is 2. The molecule has 0 radical (unpaired) electrons. The maximum absolute atomic E-state index is 11.8. The Bertz CT molecular complexity index is 429. The van der Waals surface area contributed by atoms with Crippen LogP contribution in [0.25, 0.3) is 0 Å². The summed E-state index contributed by atoms with van der Waals surface area (Å²) in [6, 6.07) is 0. The zero-order valence-corrected chi connectivity index (χ0v) is 15.2. The van der Waals surface area contributed by atoms with Crippen molar-refractivity contribution in [3.05, 3.63) is 12.7 Å². The number of carbonyl (C=O) groups excluding carboxylic acids is 1. The first-order valence-electron chi connectivity index (χ1n) is 7.60. The molecule has 6 nitrogen and oxygen atoms in total. The van der Waals surface area contributed by atoms with Crippen LogP contribution in [0.5, 0.6) is 0 Å². The Morgan fingerprint density at radius 1 is 1.32 bits per heavy atom. The molecule has 0 fully saturated rings. The third-order valence-corrected chi connectivity index (χ3v) is 5.85. The van der Waals surface area contributed by atoms with Crippen LogP contribution in [0, 0.1) is 5.92 Å². The first kappa shape index (κ1) is 23.3. The molecule has 0 saturated heterocycles. The molecular weight excluding hydrogens is 304 g/mol. The van der Waals surface area contributed by atoms with Gasteiger partial charge in [-0.05, 0) is 37.7 Å². The van der Waals surface area contributed by atoms with Gasteiger partial charge in [0, 0.05) is 6.54 Å². The van der Waals surface area contributed by atoms with Crippen LogP contribution >= 0.6 is 0 Å². The van der Waals surface area contributed by atoms with E-state index in [0.29, 0.717) is 45.1 Å². The minimum atomic E-state index is -4.36. The predicted molar refractivity (Wildman–Crippen MR) is 89.8 cm³/mol. The topological polar surface area (TPSA) is 123 Å². The number of quaternary nitrogens is 1. The first-order chi connectivity index (χ1) is 9.75. The Hall–Kier alpha value is -0.920. The van der Waals surface area contributed by atoms with Crippen LogP contribution in [0.2, 0.25) is 0 Å². The summed E-state index contributed by atoms with van der Waals surface area (Å²) in [6.07, 6.45) is 4.56. The van der Waals surface area contributed by atoms with Gasteiger partial charge in [-0.3, -0.25) is 4.79 Å². The van der Waals surface area contributed by atoms with Crippen molar-refractivity contribution < 1.29 is 17.8 Å². The standard InChI is InChI=1S/C15H29NO4S.H3N/c1-5-10-15(11-6-2,21(18,19)20)13(4)9-8-12-16-14(17)7-3;/h7,13H,3,5-6,8-12H2,1-2,4H3,(H,16,17)(H,18,19,20);1H3. The highest BCUT2D eigenvalue weighted by molar-refractivity contribution is 7.87. The highest BCUT2D eigenvalue weighted by Crippen LogP contribution is 2.38. The molecule has 0 rings (SSSR count). The first-order valence-corrected chi connectivity index (χ1v) is 9.01. The Morgan fingerprint density at radius 3 is 2.18 bits per heavy atom. The zero-order valence-electron chi connectivity index (χ0n) is 14.4. The second-order valence-electron chi connectivity index (χ2n) is 5.56. The lowest BCUT2D eigenvalue weighted by atomic mass is 9.82. The van der Waals surface area contributed by atoms with Gasteiger partial charge in [0.2, 0.25) is 5.91 Å². The van der Waals surface area contributed by atoms with E-state index in [2.05, 4.69) is 11.9 Å². The summed E-state index contributed by atoms with van der Waals surface area (Å²) in [5.74, 6) is -0.465. The predicted octanol–water partition coefficient (Wildman–Crippen LogP) is 2.97. The molecule has 0 aliphatic carbocycles. The van der Waals surface area contributed by atoms with E-state index in [4.69, 9.17) is 0 Å². The van der Waals surface area contributed by atoms with Gasteiger partial charge in [-0.25, -0.2) is 8.42 Å². The number of amides is 1. The van der Waals surface area contributed by atoms with Crippen LogP contribution in [0.4, 0.5) is 0 Å². The quantitative estimate of drug-likeness (QED) is 0.342. The van der Waals surface area contributed by atoms with Gasteiger partial charge in [0.1, 0.15) is 10.1 Å². The average Bonchev–Trinajstić information content (AvgIpc) is 2.41. The highest BCUT2D eigenvalue weighted by Gasteiger charge is 2.40. The maximum atomic E-state index is 11.8. The van der Waals surface area contributed by atoms with Gasteiger partial charge in [-0.2, -0.15) is 0 Å². The summed E-state index contributed by atoms with van der Waals surface area (Å²) >= 11 is 0. The normalized spacial score (nSPS) is 13.1. The van der Waals surface area contributed by atoms with Gasteiger partial charge < -0.3 is 16.0 Å². The lowest BCUT2D eigenvalue weighted by Crippen LogP contribution is -2.44. The van der Waals surface area contributed by atoms with Crippen molar-refractivity contribution in [1.82, 2.24) is 11.5 Å². The SMILES string of the molecule is C=CC(=O)NCCCC(C)C(CCC)(CCC)S(=O)(=O)[O-].[NH4+]. The Morgan fingerprint density at radius 2 is 1.82 bits per heavy atom. The molecular formula is C15H32N2O4S. The fraction of sp³-hybridized carbons (Fsp3) is 0.800. The minimum Gasteiger partial charge on any atom is -0.748 e. The molecule has 1 unspecified atom stereocenters. The monoisotopic (exact) mass is 336 g/mol. The van der Waals surface area contributed by atoms with Crippen molar-refractivity contribution in [2.24, 2.45) is 5.92 Å². The number of nitrogens with one attached hydrogen (secondary N) is 1. The van der Waals surface area contributed by atoms with Crippen LogP contribution in [0.15, 0.2) is 12.7 Å². The maximum Gasteiger partial charge on any atom is 0.243 e. The molecule has 0 aromatic carbocycles. The van der Waals surface area contributed by atoms with E-state index in [9.17, 15) is 17.8 Å². The summed E-state index contributed by atoms with van der Waals surface area (Å²) in [7, 11) is -4.36. The lowest BCUT2D eigenvalue weighted by molar-refractivity contribution is -0.116. The number of carbonyl (C=O) groups is 1. The molecule has 0 heterocycles. The Kier molecular flexibility index (Phi) is 11.4. The molecule has 132 valence electrons. The Balaban J connectivity index is 0. The molecule has 1 atom stereocenters. The van der Waals surface area contributed by atoms with Gasteiger partial charge in [0.25, 0.3) is 0 Å². The third-order valence-electron chi connectivity index (χ3n) is 4.04. The molecule has 1 amide bonds. The van der Waals surface area contributed by atoms with Crippen molar-refractivity contribution in [1.29, 1.82) is 0 Å². The van der Waals surface area contributed by atoms with Gasteiger partial charge in [0.15, 0.2) is 0 Å². The molecule has 0 bridgehead atoms. The molecule has 0 aliphatic heterocycles. The molecule has 0 aliphatic rings. The summed E-state index contributed by atoms with van der Waals surface area (Å²) in [5.41, 5.74) is 0. The van der Waals surface area contributed by atoms with Gasteiger partial charge >= 0.3 is 0 Å². The molecule has 7 heteroatoms. The largest absolute Gasteiger partial charge is 0.748 e. The van der Waals surface area contributed by atoms with Gasteiger partial charge in [0.05, 0.1) is 4.75 Å². The second-order valence-corrected chi connectivity index (χ2v) is 7.28. The van der Waals surface area contributed by atoms with Gasteiger partial charge in [-0.15, -0.1) is 0 Å². The molecule has 5 N–H and O–H groups in total. The molecule has 0 saturated carbocycles. The summed E-state index contributed by atoms with van der Waals surface area (Å²) in [4.78, 5) is 11.0. The number of hydrogen-bond acceptors (Lipinski definition) is 4. The van der Waals surface area contributed by atoms with E-state index in [1.165, 1.54) is 6.08 Å². The second kappa shape index (κ2) is 10.7. The van der Waals surface area contributed by atoms with E-state index in [0.717, 1.165) is 0 Å². The van der Waals surface area contributed by atoms with Crippen molar-refractivity contribution in [3.8, 4) is 0 Å². The molecule has 0 aromatic heterocycles. The van der Waals surface area contributed by atoms with Gasteiger partial charge in [-0.1, -0.05) is 40.2 Å². The van der Waals surface area contributed by atoms with E-state index >= 15 is 0 Å². The van der Waals surface area contributed by atoms with Crippen molar-refractivity contribution in [2.45, 2.75) is 64.0 Å². The van der Waals surface area contributed by atoms with E-state index in [1.54, 1.807) is 0 Å². The lowest BCUT2D eigenvalue weighted by Gasteiger charge is -2.41. The zero-order chi connectivity index (χ0) is 16.5. The third kappa shape index (κ3) is 6.46. The molecule has 22 heavy (non-hydrogen) atoms. The van der Waals surface area contributed by atoms with Crippen LogP contribution in [-0.2, 0) is 14.9 Å². The van der Waals surface area contributed by atoms with E-state index in [1.807, 2.05) is 20.8 Å². The molecule has 0 spiro atoms. The average molecular weight is 336 g/mol. The summed E-state index contributed by atoms with van der Waals surface area (Å²) < 4.78 is 34.3. The van der Waals surface area contributed by atoms with E-state index in [-0.39, 0.29) is 18.0 Å². The van der Waals surface area contributed by atoms with Crippen LogP contribution in [0.1, 0.15) is 59.3 Å². The van der Waals surface area contributed by atoms with Crippen molar-refractivity contribution in [3.63, 3.8) is 0 Å². The Labute approximate surface area is 135 Å².